The molecular weight excluding hydrogens is 466 g/mol. The highest BCUT2D eigenvalue weighted by atomic mass is 16.5. The molecule has 5 aromatic rings. The van der Waals surface area contributed by atoms with Gasteiger partial charge in [-0.2, -0.15) is 0 Å². The third-order valence-corrected chi connectivity index (χ3v) is 6.91. The van der Waals surface area contributed by atoms with Crippen molar-refractivity contribution in [2.75, 3.05) is 6.61 Å². The molecule has 1 aromatic heterocycles. The summed E-state index contributed by atoms with van der Waals surface area (Å²) in [6.45, 7) is 2.93. The van der Waals surface area contributed by atoms with Crippen LogP contribution >= 0.6 is 0 Å². The topological polar surface area (TPSA) is 77.8 Å². The van der Waals surface area contributed by atoms with Crippen molar-refractivity contribution < 1.29 is 24.2 Å². The molecule has 0 fully saturated rings. The van der Waals surface area contributed by atoms with Crippen LogP contribution in [0.1, 0.15) is 38.8 Å². The zero-order chi connectivity index (χ0) is 25.5. The SMILES string of the molecule is Cc1cc2cc(CC(=O)O)ccc2n1C(=O)c1ccc2cc(OCC3OCc4ccccc43)ccc2c1. The van der Waals surface area contributed by atoms with E-state index in [4.69, 9.17) is 14.6 Å². The summed E-state index contributed by atoms with van der Waals surface area (Å²) in [6, 6.07) is 27.0. The molecule has 1 N–H and O–H groups in total. The molecule has 4 aromatic carbocycles. The van der Waals surface area contributed by atoms with Gasteiger partial charge in [0.05, 0.1) is 18.5 Å². The lowest BCUT2D eigenvalue weighted by Gasteiger charge is -2.14. The van der Waals surface area contributed by atoms with Gasteiger partial charge in [0.15, 0.2) is 0 Å². The summed E-state index contributed by atoms with van der Waals surface area (Å²) in [4.78, 5) is 24.6. The van der Waals surface area contributed by atoms with E-state index in [2.05, 4.69) is 12.1 Å². The minimum Gasteiger partial charge on any atom is -0.490 e. The lowest BCUT2D eigenvalue weighted by atomic mass is 10.1. The number of aliphatic carboxylic acids is 1. The highest BCUT2D eigenvalue weighted by Gasteiger charge is 2.23. The fourth-order valence-electron chi connectivity index (χ4n) is 5.10. The van der Waals surface area contributed by atoms with Gasteiger partial charge in [0.25, 0.3) is 5.91 Å². The fourth-order valence-corrected chi connectivity index (χ4v) is 5.10. The summed E-state index contributed by atoms with van der Waals surface area (Å²) in [6.07, 6.45) is -0.127. The molecule has 1 unspecified atom stereocenters. The van der Waals surface area contributed by atoms with E-state index >= 15 is 0 Å². The van der Waals surface area contributed by atoms with Crippen molar-refractivity contribution in [1.29, 1.82) is 0 Å². The molecule has 37 heavy (non-hydrogen) atoms. The van der Waals surface area contributed by atoms with E-state index in [0.717, 1.165) is 33.1 Å². The largest absolute Gasteiger partial charge is 0.490 e. The molecule has 0 amide bonds. The van der Waals surface area contributed by atoms with Crippen molar-refractivity contribution in [3.05, 3.63) is 113 Å². The second kappa shape index (κ2) is 9.22. The number of carboxylic acid groups (broad SMARTS) is 1. The molecule has 6 nitrogen and oxygen atoms in total. The molecule has 6 rings (SSSR count). The van der Waals surface area contributed by atoms with Crippen LogP contribution in [0.3, 0.4) is 0 Å². The molecule has 0 saturated heterocycles. The summed E-state index contributed by atoms with van der Waals surface area (Å²) in [5.74, 6) is -0.254. The quantitative estimate of drug-likeness (QED) is 0.312. The molecule has 0 radical (unpaired) electrons. The number of aromatic nitrogens is 1. The Labute approximate surface area is 213 Å². The van der Waals surface area contributed by atoms with Crippen LogP contribution in [-0.2, 0) is 22.6 Å². The molecule has 0 saturated carbocycles. The number of carbonyl (C=O) groups excluding carboxylic acids is 1. The van der Waals surface area contributed by atoms with Crippen LogP contribution in [0, 0.1) is 6.92 Å². The first-order valence-electron chi connectivity index (χ1n) is 12.2. The Morgan fingerprint density at radius 1 is 0.946 bits per heavy atom. The molecule has 0 bridgehead atoms. The summed E-state index contributed by atoms with van der Waals surface area (Å²) >= 11 is 0. The lowest BCUT2D eigenvalue weighted by Crippen LogP contribution is -2.13. The van der Waals surface area contributed by atoms with Gasteiger partial charge in [-0.1, -0.05) is 42.5 Å². The van der Waals surface area contributed by atoms with E-state index in [1.807, 2.05) is 73.7 Å². The van der Waals surface area contributed by atoms with Crippen molar-refractivity contribution in [3.63, 3.8) is 0 Å². The minimum atomic E-state index is -0.881. The van der Waals surface area contributed by atoms with Gasteiger partial charge in [0.2, 0.25) is 0 Å². The van der Waals surface area contributed by atoms with Crippen molar-refractivity contribution in [2.45, 2.75) is 26.1 Å². The van der Waals surface area contributed by atoms with E-state index in [-0.39, 0.29) is 18.4 Å². The normalized spacial score (nSPS) is 14.7. The van der Waals surface area contributed by atoms with Gasteiger partial charge in [-0.25, -0.2) is 0 Å². The molecule has 2 heterocycles. The molecule has 1 atom stereocenters. The van der Waals surface area contributed by atoms with Gasteiger partial charge >= 0.3 is 5.97 Å². The van der Waals surface area contributed by atoms with Crippen LogP contribution in [0.5, 0.6) is 5.75 Å². The standard InChI is InChI=1S/C31H25NO5/c1-19-12-25-13-20(14-30(33)34)6-11-28(25)32(19)31(35)23-8-7-22-16-26(10-9-21(22)15-23)36-18-29-27-5-3-2-4-24(27)17-37-29/h2-13,15-16,29H,14,17-18H2,1H3,(H,33,34). The maximum Gasteiger partial charge on any atom is 0.307 e. The van der Waals surface area contributed by atoms with Crippen LogP contribution in [0.25, 0.3) is 21.7 Å². The van der Waals surface area contributed by atoms with Crippen LogP contribution in [-0.4, -0.2) is 28.2 Å². The monoisotopic (exact) mass is 491 g/mol. The molecule has 0 spiro atoms. The van der Waals surface area contributed by atoms with Gasteiger partial charge in [-0.15, -0.1) is 0 Å². The number of benzene rings is 4. The first-order chi connectivity index (χ1) is 18.0. The molecule has 6 heteroatoms. The molecule has 1 aliphatic heterocycles. The van der Waals surface area contributed by atoms with Crippen LogP contribution < -0.4 is 4.74 Å². The van der Waals surface area contributed by atoms with E-state index < -0.39 is 5.97 Å². The molecule has 184 valence electrons. The lowest BCUT2D eigenvalue weighted by molar-refractivity contribution is -0.136. The minimum absolute atomic E-state index is 0.0501. The van der Waals surface area contributed by atoms with Crippen molar-refractivity contribution in [1.82, 2.24) is 4.57 Å². The van der Waals surface area contributed by atoms with E-state index in [9.17, 15) is 9.59 Å². The maximum absolute atomic E-state index is 13.5. The number of nitrogens with zero attached hydrogens (tertiary/aromatic N) is 1. The van der Waals surface area contributed by atoms with Gasteiger partial charge in [0.1, 0.15) is 18.5 Å². The van der Waals surface area contributed by atoms with Crippen LogP contribution in [0.4, 0.5) is 0 Å². The van der Waals surface area contributed by atoms with E-state index in [1.54, 1.807) is 10.6 Å². The van der Waals surface area contributed by atoms with Crippen molar-refractivity contribution in [2.24, 2.45) is 0 Å². The molecular formula is C31H25NO5. The number of fused-ring (bicyclic) bond motifs is 3. The Hall–Kier alpha value is -4.42. The van der Waals surface area contributed by atoms with Gasteiger partial charge in [-0.3, -0.25) is 14.2 Å². The Bertz CT molecular complexity index is 1680. The second-order valence-corrected chi connectivity index (χ2v) is 9.42. The number of rotatable bonds is 6. The Balaban J connectivity index is 1.23. The third-order valence-electron chi connectivity index (χ3n) is 6.91. The number of hydrogen-bond donors (Lipinski definition) is 1. The Morgan fingerprint density at radius 2 is 1.76 bits per heavy atom. The summed E-state index contributed by atoms with van der Waals surface area (Å²) in [5.41, 5.74) is 5.23. The number of aryl methyl sites for hydroxylation is 1. The fraction of sp³-hybridized carbons (Fsp3) is 0.161. The summed E-state index contributed by atoms with van der Waals surface area (Å²) in [5, 5.41) is 11.9. The first-order valence-corrected chi connectivity index (χ1v) is 12.2. The maximum atomic E-state index is 13.5. The van der Waals surface area contributed by atoms with E-state index in [0.29, 0.717) is 24.3 Å². The first kappa shape index (κ1) is 23.0. The average Bonchev–Trinajstić information content (AvgIpc) is 3.45. The number of carboxylic acids is 1. The number of hydrogen-bond acceptors (Lipinski definition) is 4. The van der Waals surface area contributed by atoms with Crippen molar-refractivity contribution in [3.8, 4) is 5.75 Å². The van der Waals surface area contributed by atoms with Crippen LogP contribution in [0.15, 0.2) is 84.9 Å². The van der Waals surface area contributed by atoms with Crippen LogP contribution in [0.2, 0.25) is 0 Å². The zero-order valence-corrected chi connectivity index (χ0v) is 20.3. The molecule has 1 aliphatic rings. The van der Waals surface area contributed by atoms with Gasteiger partial charge < -0.3 is 14.6 Å². The van der Waals surface area contributed by atoms with Crippen molar-refractivity contribution >= 4 is 33.6 Å². The molecule has 0 aliphatic carbocycles. The zero-order valence-electron chi connectivity index (χ0n) is 20.3. The number of carbonyl (C=O) groups is 2. The highest BCUT2D eigenvalue weighted by molar-refractivity contribution is 6.05. The smallest absolute Gasteiger partial charge is 0.307 e. The Kier molecular flexibility index (Phi) is 5.74. The highest BCUT2D eigenvalue weighted by Crippen LogP contribution is 2.32. The summed E-state index contributed by atoms with van der Waals surface area (Å²) in [7, 11) is 0. The van der Waals surface area contributed by atoms with Gasteiger partial charge in [-0.05, 0) is 76.9 Å². The Morgan fingerprint density at radius 3 is 2.62 bits per heavy atom. The summed E-state index contributed by atoms with van der Waals surface area (Å²) < 4.78 is 13.6. The predicted octanol–water partition coefficient (Wildman–Crippen LogP) is 6.07. The second-order valence-electron chi connectivity index (χ2n) is 9.42. The number of ether oxygens (including phenoxy) is 2. The third kappa shape index (κ3) is 4.36. The predicted molar refractivity (Wildman–Crippen MR) is 141 cm³/mol. The average molecular weight is 492 g/mol. The van der Waals surface area contributed by atoms with E-state index in [1.165, 1.54) is 11.1 Å². The van der Waals surface area contributed by atoms with Gasteiger partial charge in [0, 0.05) is 16.6 Å².